The van der Waals surface area contributed by atoms with Crippen LogP contribution in [0.3, 0.4) is 0 Å². The number of rotatable bonds is 14. The Bertz CT molecular complexity index is 1410. The molecule has 0 aliphatic rings. The van der Waals surface area contributed by atoms with Crippen molar-refractivity contribution in [1.29, 1.82) is 0 Å². The second-order valence-corrected chi connectivity index (χ2v) is 11.5. The van der Waals surface area contributed by atoms with Crippen LogP contribution in [-0.2, 0) is 26.2 Å². The van der Waals surface area contributed by atoms with E-state index < -0.39 is 28.5 Å². The third-order valence-electron chi connectivity index (χ3n) is 6.34. The van der Waals surface area contributed by atoms with E-state index in [1.165, 1.54) is 29.2 Å². The smallest absolute Gasteiger partial charge is 0.264 e. The Kier molecular flexibility index (Phi) is 11.4. The van der Waals surface area contributed by atoms with E-state index >= 15 is 0 Å². The lowest BCUT2D eigenvalue weighted by molar-refractivity contribution is -0.139. The van der Waals surface area contributed by atoms with Gasteiger partial charge in [-0.05, 0) is 74.4 Å². The minimum atomic E-state index is -4.25. The largest absolute Gasteiger partial charge is 0.497 e. The van der Waals surface area contributed by atoms with E-state index in [0.29, 0.717) is 23.1 Å². The molecular weight excluding hydrogens is 566 g/mol. The standard InChI is InChI=1S/C30H36ClN3O6S/c1-5-19-32-30(36)22(3)33(20-23-11-15-25(39-4)16-12-23)29(35)21-34(27-9-7-8-10-28(27)40-6-2)41(37,38)26-17-13-24(31)14-18-26/h7-18,22H,5-6,19-21H2,1-4H3,(H,32,36). The summed E-state index contributed by atoms with van der Waals surface area (Å²) < 4.78 is 40.0. The summed E-state index contributed by atoms with van der Waals surface area (Å²) in [6.45, 7) is 5.58. The molecule has 3 aromatic rings. The quantitative estimate of drug-likeness (QED) is 0.282. The van der Waals surface area contributed by atoms with Crippen molar-refractivity contribution in [2.75, 3.05) is 31.1 Å². The van der Waals surface area contributed by atoms with Gasteiger partial charge in [-0.1, -0.05) is 42.8 Å². The Hall–Kier alpha value is -3.76. The molecule has 0 heterocycles. The first-order valence-corrected chi connectivity index (χ1v) is 15.1. The molecule has 3 aromatic carbocycles. The Morgan fingerprint density at radius 1 is 0.976 bits per heavy atom. The SMILES string of the molecule is CCCNC(=O)C(C)N(Cc1ccc(OC)cc1)C(=O)CN(c1ccccc1OCC)S(=O)(=O)c1ccc(Cl)cc1. The molecule has 0 aliphatic carbocycles. The molecule has 0 spiro atoms. The fraction of sp³-hybridized carbons (Fsp3) is 0.333. The van der Waals surface area contributed by atoms with Crippen molar-refractivity contribution in [3.63, 3.8) is 0 Å². The van der Waals surface area contributed by atoms with Gasteiger partial charge in [-0.3, -0.25) is 13.9 Å². The summed E-state index contributed by atoms with van der Waals surface area (Å²) in [6, 6.07) is 18.6. The lowest BCUT2D eigenvalue weighted by Gasteiger charge is -2.32. The normalized spacial score (nSPS) is 11.8. The maximum atomic E-state index is 14.0. The van der Waals surface area contributed by atoms with Crippen LogP contribution < -0.4 is 19.1 Å². The van der Waals surface area contributed by atoms with Gasteiger partial charge in [0.25, 0.3) is 10.0 Å². The van der Waals surface area contributed by atoms with Crippen LogP contribution in [-0.4, -0.2) is 58.0 Å². The second-order valence-electron chi connectivity index (χ2n) is 9.20. The summed E-state index contributed by atoms with van der Waals surface area (Å²) in [6.07, 6.45) is 0.728. The van der Waals surface area contributed by atoms with Gasteiger partial charge in [-0.15, -0.1) is 0 Å². The summed E-state index contributed by atoms with van der Waals surface area (Å²) in [7, 11) is -2.70. The Morgan fingerprint density at radius 2 is 1.63 bits per heavy atom. The summed E-state index contributed by atoms with van der Waals surface area (Å²) in [4.78, 5) is 28.4. The Morgan fingerprint density at radius 3 is 2.24 bits per heavy atom. The molecule has 0 fully saturated rings. The highest BCUT2D eigenvalue weighted by molar-refractivity contribution is 7.92. The molecule has 0 aromatic heterocycles. The van der Waals surface area contributed by atoms with Crippen LogP contribution in [0.15, 0.2) is 77.7 Å². The van der Waals surface area contributed by atoms with Crippen LogP contribution in [0.5, 0.6) is 11.5 Å². The topological polar surface area (TPSA) is 105 Å². The average Bonchev–Trinajstić information content (AvgIpc) is 2.98. The zero-order valence-corrected chi connectivity index (χ0v) is 25.2. The van der Waals surface area contributed by atoms with Crippen LogP contribution >= 0.6 is 11.6 Å². The fourth-order valence-corrected chi connectivity index (χ4v) is 5.64. The van der Waals surface area contributed by atoms with E-state index in [0.717, 1.165) is 16.3 Å². The number of nitrogens with one attached hydrogen (secondary N) is 1. The molecule has 2 amide bonds. The van der Waals surface area contributed by atoms with Crippen molar-refractivity contribution in [1.82, 2.24) is 10.2 Å². The maximum absolute atomic E-state index is 14.0. The number of methoxy groups -OCH3 is 1. The molecule has 0 saturated heterocycles. The van der Waals surface area contributed by atoms with E-state index in [4.69, 9.17) is 21.1 Å². The third-order valence-corrected chi connectivity index (χ3v) is 8.37. The van der Waals surface area contributed by atoms with E-state index in [1.807, 2.05) is 6.92 Å². The van der Waals surface area contributed by atoms with Crippen LogP contribution in [0.25, 0.3) is 0 Å². The molecule has 11 heteroatoms. The molecule has 0 aliphatic heterocycles. The molecule has 0 radical (unpaired) electrons. The zero-order valence-electron chi connectivity index (χ0n) is 23.7. The molecule has 0 saturated carbocycles. The van der Waals surface area contributed by atoms with Crippen molar-refractivity contribution in [2.24, 2.45) is 0 Å². The number of anilines is 1. The van der Waals surface area contributed by atoms with Crippen molar-refractivity contribution in [3.8, 4) is 11.5 Å². The van der Waals surface area contributed by atoms with Gasteiger partial charge in [0.1, 0.15) is 24.1 Å². The molecular formula is C30H36ClN3O6S. The van der Waals surface area contributed by atoms with Crippen LogP contribution in [0, 0.1) is 0 Å². The van der Waals surface area contributed by atoms with Crippen molar-refractivity contribution < 1.29 is 27.5 Å². The molecule has 1 N–H and O–H groups in total. The monoisotopic (exact) mass is 601 g/mol. The third kappa shape index (κ3) is 8.14. The summed E-state index contributed by atoms with van der Waals surface area (Å²) in [5, 5.41) is 3.20. The number of carbonyl (C=O) groups is 2. The average molecular weight is 602 g/mol. The van der Waals surface area contributed by atoms with Crippen molar-refractivity contribution in [3.05, 3.63) is 83.4 Å². The van der Waals surface area contributed by atoms with Gasteiger partial charge in [0.2, 0.25) is 11.8 Å². The number of benzene rings is 3. The Balaban J connectivity index is 2.06. The highest BCUT2D eigenvalue weighted by Crippen LogP contribution is 2.33. The first kappa shape index (κ1) is 31.8. The van der Waals surface area contributed by atoms with Gasteiger partial charge in [0.15, 0.2) is 0 Å². The van der Waals surface area contributed by atoms with Crippen LogP contribution in [0.2, 0.25) is 5.02 Å². The lowest BCUT2D eigenvalue weighted by atomic mass is 10.1. The highest BCUT2D eigenvalue weighted by atomic mass is 35.5. The van der Waals surface area contributed by atoms with Gasteiger partial charge in [0.05, 0.1) is 24.3 Å². The van der Waals surface area contributed by atoms with Gasteiger partial charge in [-0.2, -0.15) is 0 Å². The molecule has 9 nitrogen and oxygen atoms in total. The summed E-state index contributed by atoms with van der Waals surface area (Å²) in [5.74, 6) is 0.0447. The maximum Gasteiger partial charge on any atom is 0.264 e. The van der Waals surface area contributed by atoms with E-state index in [-0.39, 0.29) is 29.6 Å². The predicted octanol–water partition coefficient (Wildman–Crippen LogP) is 4.89. The molecule has 220 valence electrons. The molecule has 0 bridgehead atoms. The minimum absolute atomic E-state index is 0.0450. The van der Waals surface area contributed by atoms with E-state index in [2.05, 4.69) is 5.32 Å². The predicted molar refractivity (Wildman–Crippen MR) is 160 cm³/mol. The number of hydrogen-bond donors (Lipinski definition) is 1. The van der Waals surface area contributed by atoms with Gasteiger partial charge in [-0.25, -0.2) is 8.42 Å². The lowest BCUT2D eigenvalue weighted by Crippen LogP contribution is -2.51. The first-order valence-electron chi connectivity index (χ1n) is 13.3. The fourth-order valence-electron chi connectivity index (χ4n) is 4.09. The van der Waals surface area contributed by atoms with Gasteiger partial charge >= 0.3 is 0 Å². The van der Waals surface area contributed by atoms with E-state index in [9.17, 15) is 18.0 Å². The molecule has 1 unspecified atom stereocenters. The van der Waals surface area contributed by atoms with Crippen LogP contribution in [0.1, 0.15) is 32.8 Å². The summed E-state index contributed by atoms with van der Waals surface area (Å²) in [5.41, 5.74) is 0.946. The minimum Gasteiger partial charge on any atom is -0.497 e. The number of carbonyl (C=O) groups excluding carboxylic acids is 2. The number of nitrogens with zero attached hydrogens (tertiary/aromatic N) is 2. The summed E-state index contributed by atoms with van der Waals surface area (Å²) >= 11 is 6.01. The van der Waals surface area contributed by atoms with E-state index in [1.54, 1.807) is 69.5 Å². The molecule has 41 heavy (non-hydrogen) atoms. The molecule has 1 atom stereocenters. The molecule has 3 rings (SSSR count). The first-order chi connectivity index (χ1) is 19.6. The van der Waals surface area contributed by atoms with Crippen molar-refractivity contribution in [2.45, 2.75) is 44.7 Å². The van der Waals surface area contributed by atoms with Gasteiger partial charge < -0.3 is 19.7 Å². The van der Waals surface area contributed by atoms with Crippen LogP contribution in [0.4, 0.5) is 5.69 Å². The number of hydrogen-bond acceptors (Lipinski definition) is 6. The number of para-hydroxylation sites is 2. The second kappa shape index (κ2) is 14.7. The number of sulfonamides is 1. The zero-order chi connectivity index (χ0) is 30.0. The van der Waals surface area contributed by atoms with Gasteiger partial charge in [0, 0.05) is 18.1 Å². The highest BCUT2D eigenvalue weighted by Gasteiger charge is 2.33. The number of halogens is 1. The number of ether oxygens (including phenoxy) is 2. The number of amides is 2. The Labute approximate surface area is 247 Å². The van der Waals surface area contributed by atoms with Crippen molar-refractivity contribution >= 4 is 39.1 Å².